The number of aryl methyl sites for hydroxylation is 1. The van der Waals surface area contributed by atoms with Crippen LogP contribution in [0.4, 0.5) is 4.39 Å². The number of hydrogen-bond donors (Lipinski definition) is 0. The number of rotatable bonds is 4. The number of aliphatic imine (C=N–C) groups is 1. The van der Waals surface area contributed by atoms with Gasteiger partial charge in [-0.05, 0) is 74.3 Å². The molecule has 1 nitrogen and oxygen atoms in total. The molecule has 0 atom stereocenters. The van der Waals surface area contributed by atoms with Crippen LogP contribution in [-0.4, -0.2) is 5.71 Å². The summed E-state index contributed by atoms with van der Waals surface area (Å²) in [6.07, 6.45) is 6.86. The molecule has 1 aromatic carbocycles. The zero-order valence-electron chi connectivity index (χ0n) is 12.8. The zero-order valence-corrected chi connectivity index (χ0v) is 12.8. The van der Waals surface area contributed by atoms with Crippen LogP contribution < -0.4 is 0 Å². The van der Waals surface area contributed by atoms with Crippen LogP contribution in [0.5, 0.6) is 0 Å². The van der Waals surface area contributed by atoms with Gasteiger partial charge < -0.3 is 0 Å². The van der Waals surface area contributed by atoms with Crippen molar-refractivity contribution in [2.45, 2.75) is 59.3 Å². The fraction of sp³-hybridized carbons (Fsp3) is 0.500. The molecular weight excluding hydrogens is 249 g/mol. The number of allylic oxidation sites excluding steroid dienone is 2. The molecule has 0 aliphatic heterocycles. The number of halogens is 1. The summed E-state index contributed by atoms with van der Waals surface area (Å²) >= 11 is 0. The van der Waals surface area contributed by atoms with Crippen LogP contribution in [0.1, 0.15) is 63.5 Å². The fourth-order valence-electron chi connectivity index (χ4n) is 2.83. The van der Waals surface area contributed by atoms with Gasteiger partial charge in [-0.3, -0.25) is 4.99 Å². The van der Waals surface area contributed by atoms with E-state index in [9.17, 15) is 4.39 Å². The molecule has 1 aliphatic rings. The van der Waals surface area contributed by atoms with Crippen LogP contribution in [0.3, 0.4) is 0 Å². The average molecular weight is 273 g/mol. The molecule has 0 unspecified atom stereocenters. The third-order valence-electron chi connectivity index (χ3n) is 4.05. The minimum atomic E-state index is -0.144. The van der Waals surface area contributed by atoms with Gasteiger partial charge in [0.2, 0.25) is 0 Å². The summed E-state index contributed by atoms with van der Waals surface area (Å²) in [5.41, 5.74) is 5.59. The SMILES string of the molecule is CCC(=NC(CC)=C1CCCC1)c1ccc(F)c(C)c1. The molecule has 108 valence electrons. The molecule has 0 spiro atoms. The second kappa shape index (κ2) is 6.83. The first kappa shape index (κ1) is 15.0. The van der Waals surface area contributed by atoms with Crippen molar-refractivity contribution >= 4 is 5.71 Å². The van der Waals surface area contributed by atoms with Crippen molar-refractivity contribution in [2.24, 2.45) is 4.99 Å². The second-order valence-corrected chi connectivity index (χ2v) is 5.49. The first-order valence-corrected chi connectivity index (χ1v) is 7.70. The van der Waals surface area contributed by atoms with E-state index in [1.165, 1.54) is 37.0 Å². The highest BCUT2D eigenvalue weighted by atomic mass is 19.1. The molecule has 20 heavy (non-hydrogen) atoms. The van der Waals surface area contributed by atoms with E-state index < -0.39 is 0 Å². The molecule has 0 bridgehead atoms. The number of benzene rings is 1. The smallest absolute Gasteiger partial charge is 0.126 e. The second-order valence-electron chi connectivity index (χ2n) is 5.49. The standard InChI is InChI=1S/C18H24FN/c1-4-17(14-8-6-7-9-14)20-18(5-2)15-10-11-16(19)13(3)12-15/h10-12H,4-9H2,1-3H3. The van der Waals surface area contributed by atoms with Crippen LogP contribution in [0.25, 0.3) is 0 Å². The lowest BCUT2D eigenvalue weighted by molar-refractivity contribution is 0.618. The van der Waals surface area contributed by atoms with Gasteiger partial charge in [0, 0.05) is 11.4 Å². The summed E-state index contributed by atoms with van der Waals surface area (Å²) in [7, 11) is 0. The van der Waals surface area contributed by atoms with E-state index in [0.717, 1.165) is 24.1 Å². The predicted octanol–water partition coefficient (Wildman–Crippen LogP) is 5.57. The molecule has 0 amide bonds. The third-order valence-corrected chi connectivity index (χ3v) is 4.05. The van der Waals surface area contributed by atoms with Crippen molar-refractivity contribution in [1.29, 1.82) is 0 Å². The molecular formula is C18H24FN. The first-order valence-electron chi connectivity index (χ1n) is 7.70. The quantitative estimate of drug-likeness (QED) is 0.636. The van der Waals surface area contributed by atoms with Crippen molar-refractivity contribution in [2.75, 3.05) is 0 Å². The van der Waals surface area contributed by atoms with Gasteiger partial charge >= 0.3 is 0 Å². The molecule has 1 aliphatic carbocycles. The van der Waals surface area contributed by atoms with Gasteiger partial charge in [-0.25, -0.2) is 4.39 Å². The van der Waals surface area contributed by atoms with Crippen LogP contribution in [-0.2, 0) is 0 Å². The Balaban J connectivity index is 2.37. The highest BCUT2D eigenvalue weighted by Gasteiger charge is 2.12. The maximum atomic E-state index is 13.4. The van der Waals surface area contributed by atoms with Gasteiger partial charge in [0.05, 0.1) is 0 Å². The third kappa shape index (κ3) is 3.36. The summed E-state index contributed by atoms with van der Waals surface area (Å²) in [4.78, 5) is 4.91. The van der Waals surface area contributed by atoms with E-state index in [2.05, 4.69) is 13.8 Å². The van der Waals surface area contributed by atoms with Crippen LogP contribution in [0, 0.1) is 12.7 Å². The predicted molar refractivity (Wildman–Crippen MR) is 83.8 cm³/mol. The minimum absolute atomic E-state index is 0.144. The molecule has 0 aromatic heterocycles. The van der Waals surface area contributed by atoms with Crippen molar-refractivity contribution in [3.63, 3.8) is 0 Å². The Kier molecular flexibility index (Phi) is 5.11. The molecule has 1 fully saturated rings. The summed E-state index contributed by atoms with van der Waals surface area (Å²) in [6, 6.07) is 5.30. The van der Waals surface area contributed by atoms with E-state index in [1.54, 1.807) is 6.07 Å². The molecule has 1 saturated carbocycles. The topological polar surface area (TPSA) is 12.4 Å². The number of hydrogen-bond acceptors (Lipinski definition) is 1. The molecule has 2 heteroatoms. The van der Waals surface area contributed by atoms with Crippen LogP contribution >= 0.6 is 0 Å². The van der Waals surface area contributed by atoms with E-state index >= 15 is 0 Å². The van der Waals surface area contributed by atoms with E-state index in [1.807, 2.05) is 19.1 Å². The maximum absolute atomic E-state index is 13.4. The molecule has 1 aromatic rings. The van der Waals surface area contributed by atoms with Crippen molar-refractivity contribution < 1.29 is 4.39 Å². The summed E-state index contributed by atoms with van der Waals surface area (Å²) < 4.78 is 13.4. The normalized spacial score (nSPS) is 15.8. The maximum Gasteiger partial charge on any atom is 0.126 e. The van der Waals surface area contributed by atoms with E-state index in [4.69, 9.17) is 4.99 Å². The van der Waals surface area contributed by atoms with Gasteiger partial charge in [-0.2, -0.15) is 0 Å². The minimum Gasteiger partial charge on any atom is -0.257 e. The van der Waals surface area contributed by atoms with Crippen molar-refractivity contribution in [3.05, 3.63) is 46.4 Å². The van der Waals surface area contributed by atoms with Gasteiger partial charge in [-0.1, -0.05) is 19.9 Å². The summed E-state index contributed by atoms with van der Waals surface area (Å²) in [5, 5.41) is 0. The Morgan fingerprint density at radius 3 is 2.40 bits per heavy atom. The average Bonchev–Trinajstić information content (AvgIpc) is 2.97. The van der Waals surface area contributed by atoms with E-state index in [-0.39, 0.29) is 5.82 Å². The van der Waals surface area contributed by atoms with Gasteiger partial charge in [0.1, 0.15) is 5.82 Å². The lowest BCUT2D eigenvalue weighted by Gasteiger charge is -2.10. The molecule has 0 saturated heterocycles. The molecule has 0 heterocycles. The first-order chi connectivity index (χ1) is 9.65. The van der Waals surface area contributed by atoms with Gasteiger partial charge in [0.25, 0.3) is 0 Å². The lowest BCUT2D eigenvalue weighted by atomic mass is 10.0. The summed E-state index contributed by atoms with van der Waals surface area (Å²) in [5.74, 6) is -0.144. The van der Waals surface area contributed by atoms with Crippen molar-refractivity contribution in [1.82, 2.24) is 0 Å². The molecule has 0 N–H and O–H groups in total. The summed E-state index contributed by atoms with van der Waals surface area (Å²) in [6.45, 7) is 6.10. The van der Waals surface area contributed by atoms with Gasteiger partial charge in [0.15, 0.2) is 0 Å². The van der Waals surface area contributed by atoms with E-state index in [0.29, 0.717) is 5.56 Å². The monoisotopic (exact) mass is 273 g/mol. The Bertz CT molecular complexity index is 532. The molecule has 2 rings (SSSR count). The Hall–Kier alpha value is -1.44. The van der Waals surface area contributed by atoms with Gasteiger partial charge in [-0.15, -0.1) is 0 Å². The highest BCUT2D eigenvalue weighted by molar-refractivity contribution is 6.01. The van der Waals surface area contributed by atoms with Crippen LogP contribution in [0.2, 0.25) is 0 Å². The zero-order chi connectivity index (χ0) is 14.5. The largest absolute Gasteiger partial charge is 0.257 e. The van der Waals surface area contributed by atoms with Crippen molar-refractivity contribution in [3.8, 4) is 0 Å². The molecule has 0 radical (unpaired) electrons. The Morgan fingerprint density at radius 2 is 1.85 bits per heavy atom. The lowest BCUT2D eigenvalue weighted by Crippen LogP contribution is -2.02. The van der Waals surface area contributed by atoms with Crippen LogP contribution in [0.15, 0.2) is 34.5 Å². The Morgan fingerprint density at radius 1 is 1.15 bits per heavy atom. The Labute approximate surface area is 121 Å². The fourth-order valence-corrected chi connectivity index (χ4v) is 2.83. The number of nitrogens with zero attached hydrogens (tertiary/aromatic N) is 1. The highest BCUT2D eigenvalue weighted by Crippen LogP contribution is 2.29.